The van der Waals surface area contributed by atoms with E-state index in [4.69, 9.17) is 0 Å². The molecule has 17 heavy (non-hydrogen) atoms. The summed E-state index contributed by atoms with van der Waals surface area (Å²) in [6.07, 6.45) is 2.02. The normalized spacial score (nSPS) is 12.6. The molecule has 0 amide bonds. The molecule has 4 nitrogen and oxygen atoms in total. The molecule has 2 rings (SSSR count). The third-order valence-electron chi connectivity index (χ3n) is 2.73. The van der Waals surface area contributed by atoms with Crippen LogP contribution in [0.15, 0.2) is 30.5 Å². The fourth-order valence-corrected chi connectivity index (χ4v) is 1.66. The lowest BCUT2D eigenvalue weighted by Crippen LogP contribution is -2.18. The number of aromatic hydroxyl groups is 1. The number of anilines is 1. The van der Waals surface area contributed by atoms with Gasteiger partial charge in [-0.3, -0.25) is 0 Å². The summed E-state index contributed by atoms with van der Waals surface area (Å²) in [5.74, 6) is 0.899. The summed E-state index contributed by atoms with van der Waals surface area (Å²) in [6.45, 7) is 2.38. The number of aliphatic hydroxyl groups excluding tert-OH is 1. The summed E-state index contributed by atoms with van der Waals surface area (Å²) in [5.41, 5.74) is 0. The van der Waals surface area contributed by atoms with Crippen LogP contribution in [0.4, 0.5) is 5.82 Å². The number of nitrogens with one attached hydrogen (secondary N) is 1. The summed E-state index contributed by atoms with van der Waals surface area (Å²) >= 11 is 0. The van der Waals surface area contributed by atoms with Gasteiger partial charge in [0.05, 0.1) is 6.10 Å². The van der Waals surface area contributed by atoms with Gasteiger partial charge in [0, 0.05) is 18.1 Å². The first-order valence-corrected chi connectivity index (χ1v) is 5.70. The van der Waals surface area contributed by atoms with Crippen LogP contribution in [0.2, 0.25) is 0 Å². The molecule has 1 heterocycles. The molecular weight excluding hydrogens is 216 g/mol. The van der Waals surface area contributed by atoms with Crippen molar-refractivity contribution in [1.82, 2.24) is 4.98 Å². The minimum atomic E-state index is -0.385. The van der Waals surface area contributed by atoms with E-state index in [-0.39, 0.29) is 11.9 Å². The van der Waals surface area contributed by atoms with Gasteiger partial charge in [-0.15, -0.1) is 0 Å². The standard InChI is InChI=1S/C13H16N2O2/c1-2-10(16)8-15-13-12-7-11(17)4-3-9(12)5-6-14-13/h3-7,10,16-17H,2,8H2,1H3,(H,14,15). The smallest absolute Gasteiger partial charge is 0.134 e. The first kappa shape index (κ1) is 11.7. The SMILES string of the molecule is CCC(O)CNc1nccc2ccc(O)cc12. The van der Waals surface area contributed by atoms with Crippen LogP contribution in [0, 0.1) is 0 Å². The van der Waals surface area contributed by atoms with Crippen LogP contribution < -0.4 is 5.32 Å². The molecule has 0 aliphatic heterocycles. The Balaban J connectivity index is 2.30. The van der Waals surface area contributed by atoms with Crippen LogP contribution in [-0.4, -0.2) is 27.8 Å². The summed E-state index contributed by atoms with van der Waals surface area (Å²) in [5, 5.41) is 23.9. The molecule has 90 valence electrons. The van der Waals surface area contributed by atoms with Crippen molar-refractivity contribution in [2.45, 2.75) is 19.4 Å². The molecule has 0 saturated carbocycles. The third-order valence-corrected chi connectivity index (χ3v) is 2.73. The van der Waals surface area contributed by atoms with E-state index in [0.29, 0.717) is 18.8 Å². The molecule has 2 aromatic rings. The number of fused-ring (bicyclic) bond motifs is 1. The van der Waals surface area contributed by atoms with E-state index >= 15 is 0 Å². The number of rotatable bonds is 4. The van der Waals surface area contributed by atoms with Crippen molar-refractivity contribution >= 4 is 16.6 Å². The molecule has 0 aliphatic rings. The first-order chi connectivity index (χ1) is 8.20. The van der Waals surface area contributed by atoms with Gasteiger partial charge in [-0.1, -0.05) is 13.0 Å². The number of hydrogen-bond donors (Lipinski definition) is 3. The average molecular weight is 232 g/mol. The first-order valence-electron chi connectivity index (χ1n) is 5.70. The van der Waals surface area contributed by atoms with Crippen LogP contribution >= 0.6 is 0 Å². The number of hydrogen-bond acceptors (Lipinski definition) is 4. The second-order valence-electron chi connectivity index (χ2n) is 4.01. The zero-order chi connectivity index (χ0) is 12.3. The maximum atomic E-state index is 9.51. The Labute approximate surface area is 99.9 Å². The predicted molar refractivity (Wildman–Crippen MR) is 68.2 cm³/mol. The topological polar surface area (TPSA) is 65.4 Å². The van der Waals surface area contributed by atoms with E-state index in [1.807, 2.05) is 19.1 Å². The predicted octanol–water partition coefficient (Wildman–Crippen LogP) is 2.12. The highest BCUT2D eigenvalue weighted by atomic mass is 16.3. The van der Waals surface area contributed by atoms with Crippen LogP contribution in [0.25, 0.3) is 10.8 Å². The second-order valence-corrected chi connectivity index (χ2v) is 4.01. The summed E-state index contributed by atoms with van der Waals surface area (Å²) in [6, 6.07) is 7.04. The molecule has 1 unspecified atom stereocenters. The minimum absolute atomic E-state index is 0.213. The zero-order valence-corrected chi connectivity index (χ0v) is 9.72. The Hall–Kier alpha value is -1.81. The van der Waals surface area contributed by atoms with Gasteiger partial charge < -0.3 is 15.5 Å². The Morgan fingerprint density at radius 1 is 1.35 bits per heavy atom. The van der Waals surface area contributed by atoms with E-state index < -0.39 is 0 Å². The van der Waals surface area contributed by atoms with Gasteiger partial charge in [0.15, 0.2) is 0 Å². The highest BCUT2D eigenvalue weighted by molar-refractivity contribution is 5.92. The largest absolute Gasteiger partial charge is 0.508 e. The van der Waals surface area contributed by atoms with E-state index in [9.17, 15) is 10.2 Å². The number of aromatic nitrogens is 1. The van der Waals surface area contributed by atoms with Crippen molar-refractivity contribution in [3.05, 3.63) is 30.5 Å². The number of aliphatic hydroxyl groups is 1. The highest BCUT2D eigenvalue weighted by Crippen LogP contribution is 2.24. The molecule has 1 atom stereocenters. The van der Waals surface area contributed by atoms with Gasteiger partial charge >= 0.3 is 0 Å². The number of phenolic OH excluding ortho intramolecular Hbond substituents is 1. The Morgan fingerprint density at radius 3 is 2.94 bits per heavy atom. The van der Waals surface area contributed by atoms with Crippen LogP contribution in [0.3, 0.4) is 0 Å². The monoisotopic (exact) mass is 232 g/mol. The molecule has 0 bridgehead atoms. The van der Waals surface area contributed by atoms with Gasteiger partial charge in [-0.2, -0.15) is 0 Å². The van der Waals surface area contributed by atoms with E-state index in [1.165, 1.54) is 0 Å². The molecule has 0 saturated heterocycles. The molecule has 0 spiro atoms. The molecule has 4 heteroatoms. The van der Waals surface area contributed by atoms with Crippen LogP contribution in [0.5, 0.6) is 5.75 Å². The van der Waals surface area contributed by atoms with Crippen molar-refractivity contribution in [3.63, 3.8) is 0 Å². The molecule has 1 aromatic heterocycles. The minimum Gasteiger partial charge on any atom is -0.508 e. The maximum absolute atomic E-state index is 9.51. The average Bonchev–Trinajstić information content (AvgIpc) is 2.35. The van der Waals surface area contributed by atoms with E-state index in [0.717, 1.165) is 10.8 Å². The lowest BCUT2D eigenvalue weighted by Gasteiger charge is -2.12. The Kier molecular flexibility index (Phi) is 3.44. The second kappa shape index (κ2) is 5.01. The quantitative estimate of drug-likeness (QED) is 0.755. The fraction of sp³-hybridized carbons (Fsp3) is 0.308. The number of phenols is 1. The highest BCUT2D eigenvalue weighted by Gasteiger charge is 2.05. The van der Waals surface area contributed by atoms with E-state index in [1.54, 1.807) is 18.3 Å². The number of benzene rings is 1. The number of pyridine rings is 1. The third kappa shape index (κ3) is 2.65. The van der Waals surface area contributed by atoms with Gasteiger partial charge in [0.25, 0.3) is 0 Å². The molecule has 0 fully saturated rings. The lowest BCUT2D eigenvalue weighted by atomic mass is 10.1. The Bertz CT molecular complexity index is 514. The maximum Gasteiger partial charge on any atom is 0.134 e. The molecule has 0 aliphatic carbocycles. The van der Waals surface area contributed by atoms with Gasteiger partial charge in [-0.05, 0) is 30.0 Å². The number of nitrogens with zero attached hydrogens (tertiary/aromatic N) is 1. The molecule has 0 radical (unpaired) electrons. The van der Waals surface area contributed by atoms with E-state index in [2.05, 4.69) is 10.3 Å². The fourth-order valence-electron chi connectivity index (χ4n) is 1.66. The van der Waals surface area contributed by atoms with Crippen molar-refractivity contribution in [3.8, 4) is 5.75 Å². The summed E-state index contributed by atoms with van der Waals surface area (Å²) in [7, 11) is 0. The molecular formula is C13H16N2O2. The summed E-state index contributed by atoms with van der Waals surface area (Å²) in [4.78, 5) is 4.22. The van der Waals surface area contributed by atoms with Crippen molar-refractivity contribution < 1.29 is 10.2 Å². The van der Waals surface area contributed by atoms with Crippen LogP contribution in [-0.2, 0) is 0 Å². The van der Waals surface area contributed by atoms with Crippen molar-refractivity contribution in [2.75, 3.05) is 11.9 Å². The van der Waals surface area contributed by atoms with Gasteiger partial charge in [0.1, 0.15) is 11.6 Å². The zero-order valence-electron chi connectivity index (χ0n) is 9.72. The molecule has 3 N–H and O–H groups in total. The molecule has 1 aromatic carbocycles. The van der Waals surface area contributed by atoms with Crippen LogP contribution in [0.1, 0.15) is 13.3 Å². The summed E-state index contributed by atoms with van der Waals surface area (Å²) < 4.78 is 0. The van der Waals surface area contributed by atoms with Gasteiger partial charge in [-0.25, -0.2) is 4.98 Å². The Morgan fingerprint density at radius 2 is 2.18 bits per heavy atom. The lowest BCUT2D eigenvalue weighted by molar-refractivity contribution is 0.183. The van der Waals surface area contributed by atoms with Crippen molar-refractivity contribution in [1.29, 1.82) is 0 Å². The van der Waals surface area contributed by atoms with Gasteiger partial charge in [0.2, 0.25) is 0 Å². The van der Waals surface area contributed by atoms with Crippen molar-refractivity contribution in [2.24, 2.45) is 0 Å².